The Balaban J connectivity index is 1.19. The maximum atomic E-state index is 3.99. The molecule has 0 fully saturated rings. The summed E-state index contributed by atoms with van der Waals surface area (Å²) < 4.78 is 0. The number of unbranched alkanes of at least 4 members (excludes halogenated alkanes) is 9. The van der Waals surface area contributed by atoms with Gasteiger partial charge in [-0.15, -0.1) is 0 Å². The molecule has 0 aromatic heterocycles. The Morgan fingerprint density at radius 3 is 1.02 bits per heavy atom. The zero-order chi connectivity index (χ0) is 36.7. The van der Waals surface area contributed by atoms with Gasteiger partial charge in [0.15, 0.2) is 0 Å². The first-order valence-corrected chi connectivity index (χ1v) is 20.5. The van der Waals surface area contributed by atoms with E-state index >= 15 is 0 Å². The van der Waals surface area contributed by atoms with Crippen LogP contribution >= 0.6 is 0 Å². The molecule has 0 saturated heterocycles. The Hall–Kier alpha value is -5.46. The molecule has 268 valence electrons. The molecule has 0 unspecified atom stereocenters. The maximum Gasteiger partial charge on any atom is -0.00139 e. The SMILES string of the molecule is C=Cc1ccc(-c2c3ccccc3c(-c3c4ccccc4c(-c4ccc(CCCCCCCCCCCC)cc4)c4ccccc34)c3ccccc23)cc1. The average Bonchev–Trinajstić information content (AvgIpc) is 3.23. The molecule has 0 N–H and O–H groups in total. The van der Waals surface area contributed by atoms with Gasteiger partial charge < -0.3 is 0 Å². The van der Waals surface area contributed by atoms with Gasteiger partial charge in [0.1, 0.15) is 0 Å². The minimum absolute atomic E-state index is 1.13. The average molecular weight is 701 g/mol. The lowest BCUT2D eigenvalue weighted by Crippen LogP contribution is -1.95. The van der Waals surface area contributed by atoms with Crippen LogP contribution in [0.3, 0.4) is 0 Å². The summed E-state index contributed by atoms with van der Waals surface area (Å²) in [4.78, 5) is 0. The number of aryl methyl sites for hydroxylation is 1. The quantitative estimate of drug-likeness (QED) is 0.0738. The van der Waals surface area contributed by atoms with Crippen LogP contribution in [0, 0.1) is 0 Å². The Morgan fingerprint density at radius 1 is 0.352 bits per heavy atom. The van der Waals surface area contributed by atoms with Crippen LogP contribution in [0.5, 0.6) is 0 Å². The Bertz CT molecular complexity index is 2420. The fourth-order valence-electron chi connectivity index (χ4n) is 8.86. The molecule has 54 heavy (non-hydrogen) atoms. The van der Waals surface area contributed by atoms with E-state index in [0.717, 1.165) is 12.0 Å². The zero-order valence-corrected chi connectivity index (χ0v) is 31.9. The highest BCUT2D eigenvalue weighted by Gasteiger charge is 2.22. The van der Waals surface area contributed by atoms with Gasteiger partial charge in [-0.05, 0) is 100 Å². The van der Waals surface area contributed by atoms with Gasteiger partial charge in [-0.3, -0.25) is 0 Å². The summed E-state index contributed by atoms with van der Waals surface area (Å²) in [5.74, 6) is 0. The van der Waals surface area contributed by atoms with Crippen molar-refractivity contribution in [2.45, 2.75) is 77.6 Å². The highest BCUT2D eigenvalue weighted by Crippen LogP contribution is 2.50. The highest BCUT2D eigenvalue weighted by atomic mass is 14.2. The third-order valence-corrected chi connectivity index (χ3v) is 11.6. The van der Waals surface area contributed by atoms with Gasteiger partial charge in [0.25, 0.3) is 0 Å². The molecule has 0 saturated carbocycles. The summed E-state index contributed by atoms with van der Waals surface area (Å²) in [7, 11) is 0. The Kier molecular flexibility index (Phi) is 11.0. The highest BCUT2D eigenvalue weighted by molar-refractivity contribution is 6.29. The van der Waals surface area contributed by atoms with E-state index in [9.17, 15) is 0 Å². The summed E-state index contributed by atoms with van der Waals surface area (Å²) in [6, 6.07) is 54.5. The Labute approximate surface area is 322 Å². The van der Waals surface area contributed by atoms with E-state index in [-0.39, 0.29) is 0 Å². The third kappa shape index (κ3) is 7.11. The van der Waals surface area contributed by atoms with E-state index in [0.29, 0.717) is 0 Å². The van der Waals surface area contributed by atoms with Crippen LogP contribution in [0.1, 0.15) is 82.3 Å². The van der Waals surface area contributed by atoms with E-state index in [1.54, 1.807) is 0 Å². The number of fused-ring (bicyclic) bond motifs is 4. The lowest BCUT2D eigenvalue weighted by Gasteiger charge is -2.22. The van der Waals surface area contributed by atoms with Crippen LogP contribution in [0.4, 0.5) is 0 Å². The zero-order valence-electron chi connectivity index (χ0n) is 31.9. The number of benzene rings is 8. The number of rotatable bonds is 15. The first kappa shape index (κ1) is 35.6. The molecular weight excluding hydrogens is 649 g/mol. The fraction of sp³-hybridized carbons (Fsp3) is 0.222. The van der Waals surface area contributed by atoms with E-state index in [1.807, 2.05) is 6.08 Å². The molecule has 8 aromatic rings. The number of hydrogen-bond donors (Lipinski definition) is 0. The van der Waals surface area contributed by atoms with Gasteiger partial charge in [0.05, 0.1) is 0 Å². The molecule has 0 amide bonds. The van der Waals surface area contributed by atoms with Gasteiger partial charge in [-0.2, -0.15) is 0 Å². The van der Waals surface area contributed by atoms with Crippen molar-refractivity contribution in [1.82, 2.24) is 0 Å². The van der Waals surface area contributed by atoms with Crippen molar-refractivity contribution < 1.29 is 0 Å². The molecule has 0 heteroatoms. The summed E-state index contributed by atoms with van der Waals surface area (Å²) in [5, 5.41) is 10.3. The van der Waals surface area contributed by atoms with Crippen LogP contribution in [0.15, 0.2) is 152 Å². The van der Waals surface area contributed by atoms with Crippen molar-refractivity contribution in [3.05, 3.63) is 163 Å². The maximum absolute atomic E-state index is 3.99. The minimum atomic E-state index is 1.13. The Morgan fingerprint density at radius 2 is 0.667 bits per heavy atom. The molecule has 0 nitrogen and oxygen atoms in total. The van der Waals surface area contributed by atoms with E-state index in [1.165, 1.54) is 146 Å². The van der Waals surface area contributed by atoms with Crippen molar-refractivity contribution in [3.63, 3.8) is 0 Å². The molecule has 0 bridgehead atoms. The second kappa shape index (κ2) is 16.7. The third-order valence-electron chi connectivity index (χ3n) is 11.6. The van der Waals surface area contributed by atoms with Crippen molar-refractivity contribution in [2.24, 2.45) is 0 Å². The molecule has 0 aliphatic rings. The molecule has 8 rings (SSSR count). The fourth-order valence-corrected chi connectivity index (χ4v) is 8.86. The lowest BCUT2D eigenvalue weighted by atomic mass is 9.81. The molecule has 0 aliphatic heterocycles. The molecule has 0 atom stereocenters. The standard InChI is InChI=1S/C54H52/c1-3-5-6-7-8-9-10-11-12-13-22-40-33-37-42(38-34-40)52-45-25-16-20-29-49(45)54(50-30-21-17-26-46(50)52)53-47-27-18-14-23-43(47)51(44-24-15-19-28-48(44)53)41-35-31-39(4-2)32-36-41/h4,14-21,23-38H,2-3,5-13,22H2,1H3. The van der Waals surface area contributed by atoms with Crippen molar-refractivity contribution in [1.29, 1.82) is 0 Å². The second-order valence-corrected chi connectivity index (χ2v) is 15.1. The topological polar surface area (TPSA) is 0 Å². The summed E-state index contributed by atoms with van der Waals surface area (Å²) >= 11 is 0. The molecular formula is C54H52. The van der Waals surface area contributed by atoms with Crippen LogP contribution in [0.2, 0.25) is 0 Å². The van der Waals surface area contributed by atoms with Gasteiger partial charge >= 0.3 is 0 Å². The normalized spacial score (nSPS) is 11.6. The van der Waals surface area contributed by atoms with Crippen molar-refractivity contribution >= 4 is 49.2 Å². The summed E-state index contributed by atoms with van der Waals surface area (Å²) in [5.41, 5.74) is 10.3. The van der Waals surface area contributed by atoms with Crippen LogP contribution in [0.25, 0.3) is 82.5 Å². The first-order chi connectivity index (χ1) is 26.8. The number of hydrogen-bond acceptors (Lipinski definition) is 0. The van der Waals surface area contributed by atoms with Gasteiger partial charge in [-0.25, -0.2) is 0 Å². The van der Waals surface area contributed by atoms with Gasteiger partial charge in [0.2, 0.25) is 0 Å². The second-order valence-electron chi connectivity index (χ2n) is 15.1. The van der Waals surface area contributed by atoms with Crippen molar-refractivity contribution in [2.75, 3.05) is 0 Å². The molecule has 8 aromatic carbocycles. The van der Waals surface area contributed by atoms with Crippen molar-refractivity contribution in [3.8, 4) is 33.4 Å². The van der Waals surface area contributed by atoms with Crippen LogP contribution in [-0.4, -0.2) is 0 Å². The van der Waals surface area contributed by atoms with Gasteiger partial charge in [0, 0.05) is 0 Å². The van der Waals surface area contributed by atoms with E-state index < -0.39 is 0 Å². The van der Waals surface area contributed by atoms with E-state index in [4.69, 9.17) is 0 Å². The molecule has 0 radical (unpaired) electrons. The summed E-state index contributed by atoms with van der Waals surface area (Å²) in [6.45, 7) is 6.28. The first-order valence-electron chi connectivity index (χ1n) is 20.5. The molecule has 0 spiro atoms. The molecule has 0 aliphatic carbocycles. The predicted octanol–water partition coefficient (Wildman–Crippen LogP) is 16.4. The van der Waals surface area contributed by atoms with Crippen LogP contribution in [-0.2, 0) is 6.42 Å². The van der Waals surface area contributed by atoms with E-state index in [2.05, 4.69) is 159 Å². The molecule has 0 heterocycles. The lowest BCUT2D eigenvalue weighted by molar-refractivity contribution is 0.556. The largest absolute Gasteiger partial charge is 0.0985 e. The van der Waals surface area contributed by atoms with Crippen LogP contribution < -0.4 is 0 Å². The van der Waals surface area contributed by atoms with Gasteiger partial charge in [-0.1, -0.05) is 223 Å². The summed E-state index contributed by atoms with van der Waals surface area (Å²) in [6.07, 6.45) is 16.8. The minimum Gasteiger partial charge on any atom is -0.0985 e. The predicted molar refractivity (Wildman–Crippen MR) is 238 cm³/mol. The monoisotopic (exact) mass is 700 g/mol. The smallest absolute Gasteiger partial charge is 0.00139 e.